The van der Waals surface area contributed by atoms with E-state index in [1.165, 1.54) is 4.90 Å². The Morgan fingerprint density at radius 1 is 0.967 bits per heavy atom. The number of hydrogen-bond acceptors (Lipinski definition) is 3. The zero-order chi connectivity index (χ0) is 20.8. The molecule has 1 atom stereocenters. The molecular weight excluding hydrogens is 392 g/mol. The molecule has 4 rings (SSSR count). The molecular formula is C25H26N2O2S. The molecule has 154 valence electrons. The molecule has 0 unspecified atom stereocenters. The fourth-order valence-electron chi connectivity index (χ4n) is 3.96. The van der Waals surface area contributed by atoms with Gasteiger partial charge in [0.2, 0.25) is 5.91 Å². The number of rotatable bonds is 6. The fraction of sp³-hybridized carbons (Fsp3) is 0.280. The summed E-state index contributed by atoms with van der Waals surface area (Å²) >= 11 is 1.73. The number of fused-ring (bicyclic) bond motifs is 1. The van der Waals surface area contributed by atoms with Crippen molar-refractivity contribution in [1.82, 2.24) is 10.2 Å². The van der Waals surface area contributed by atoms with E-state index in [2.05, 4.69) is 17.4 Å². The van der Waals surface area contributed by atoms with E-state index in [0.29, 0.717) is 25.2 Å². The quantitative estimate of drug-likeness (QED) is 0.470. The Bertz CT molecular complexity index is 1020. The summed E-state index contributed by atoms with van der Waals surface area (Å²) in [6, 6.07) is 24.0. The van der Waals surface area contributed by atoms with Gasteiger partial charge < -0.3 is 10.2 Å². The summed E-state index contributed by atoms with van der Waals surface area (Å²) in [5.74, 6) is 0.767. The maximum atomic E-state index is 13.2. The number of nitrogens with zero attached hydrogens (tertiary/aromatic N) is 1. The van der Waals surface area contributed by atoms with Gasteiger partial charge in [-0.1, -0.05) is 54.6 Å². The fourth-order valence-corrected chi connectivity index (χ4v) is 4.75. The van der Waals surface area contributed by atoms with Gasteiger partial charge in [-0.3, -0.25) is 9.59 Å². The van der Waals surface area contributed by atoms with Gasteiger partial charge in [0.25, 0.3) is 5.91 Å². The van der Waals surface area contributed by atoms with E-state index >= 15 is 0 Å². The Labute approximate surface area is 181 Å². The van der Waals surface area contributed by atoms with E-state index < -0.39 is 0 Å². The normalized spacial score (nSPS) is 16.4. The summed E-state index contributed by atoms with van der Waals surface area (Å²) in [5, 5.41) is 5.08. The van der Waals surface area contributed by atoms with Crippen molar-refractivity contribution in [3.63, 3.8) is 0 Å². The SMILES string of the molecule is O=C(NCCSc1ccccc1)[C@@H]1CCCN(C(=O)c2cccc3ccccc23)C1. The Morgan fingerprint density at radius 2 is 1.73 bits per heavy atom. The van der Waals surface area contributed by atoms with E-state index in [1.807, 2.05) is 65.6 Å². The lowest BCUT2D eigenvalue weighted by atomic mass is 9.95. The van der Waals surface area contributed by atoms with Gasteiger partial charge >= 0.3 is 0 Å². The molecule has 0 aliphatic carbocycles. The van der Waals surface area contributed by atoms with E-state index in [-0.39, 0.29) is 17.7 Å². The number of likely N-dealkylation sites (tertiary alicyclic amines) is 1. The van der Waals surface area contributed by atoms with Crippen LogP contribution in [0.3, 0.4) is 0 Å². The Morgan fingerprint density at radius 3 is 2.60 bits per heavy atom. The molecule has 30 heavy (non-hydrogen) atoms. The molecule has 3 aromatic carbocycles. The Balaban J connectivity index is 1.33. The molecule has 5 heteroatoms. The number of piperidine rings is 1. The number of benzene rings is 3. The highest BCUT2D eigenvalue weighted by atomic mass is 32.2. The van der Waals surface area contributed by atoms with Crippen LogP contribution in [0.5, 0.6) is 0 Å². The van der Waals surface area contributed by atoms with Crippen LogP contribution in [0, 0.1) is 5.92 Å². The zero-order valence-corrected chi connectivity index (χ0v) is 17.7. The second kappa shape index (κ2) is 9.81. The first-order valence-corrected chi connectivity index (χ1v) is 11.4. The third-order valence-corrected chi connectivity index (χ3v) is 6.53. The van der Waals surface area contributed by atoms with Crippen molar-refractivity contribution in [2.75, 3.05) is 25.4 Å². The summed E-state index contributed by atoms with van der Waals surface area (Å²) in [6.07, 6.45) is 1.68. The number of carbonyl (C=O) groups excluding carboxylic acids is 2. The minimum atomic E-state index is -0.139. The second-order valence-electron chi connectivity index (χ2n) is 7.57. The molecule has 0 radical (unpaired) electrons. The molecule has 2 amide bonds. The molecule has 4 nitrogen and oxygen atoms in total. The van der Waals surface area contributed by atoms with Crippen LogP contribution in [0.4, 0.5) is 0 Å². The first-order valence-electron chi connectivity index (χ1n) is 10.4. The van der Waals surface area contributed by atoms with Crippen molar-refractivity contribution >= 4 is 34.3 Å². The van der Waals surface area contributed by atoms with Crippen molar-refractivity contribution in [3.05, 3.63) is 78.4 Å². The minimum absolute atomic E-state index is 0.0175. The first-order chi connectivity index (χ1) is 14.7. The third kappa shape index (κ3) is 4.85. The second-order valence-corrected chi connectivity index (χ2v) is 8.74. The largest absolute Gasteiger partial charge is 0.355 e. The molecule has 1 fully saturated rings. The molecule has 1 saturated heterocycles. The van der Waals surface area contributed by atoms with Crippen LogP contribution < -0.4 is 5.32 Å². The van der Waals surface area contributed by atoms with Gasteiger partial charge in [-0.15, -0.1) is 11.8 Å². The zero-order valence-electron chi connectivity index (χ0n) is 16.9. The predicted octanol–water partition coefficient (Wildman–Crippen LogP) is 4.60. The summed E-state index contributed by atoms with van der Waals surface area (Å²) in [4.78, 5) is 28.9. The lowest BCUT2D eigenvalue weighted by Gasteiger charge is -2.32. The molecule has 1 N–H and O–H groups in total. The number of hydrogen-bond donors (Lipinski definition) is 1. The van der Waals surface area contributed by atoms with Gasteiger partial charge in [0, 0.05) is 35.8 Å². The molecule has 1 aliphatic heterocycles. The van der Waals surface area contributed by atoms with Crippen LogP contribution >= 0.6 is 11.8 Å². The van der Waals surface area contributed by atoms with Crippen LogP contribution in [0.1, 0.15) is 23.2 Å². The van der Waals surface area contributed by atoms with Crippen molar-refractivity contribution in [2.24, 2.45) is 5.92 Å². The van der Waals surface area contributed by atoms with E-state index in [1.54, 1.807) is 11.8 Å². The highest BCUT2D eigenvalue weighted by Crippen LogP contribution is 2.24. The van der Waals surface area contributed by atoms with Crippen molar-refractivity contribution in [3.8, 4) is 0 Å². The van der Waals surface area contributed by atoms with Crippen molar-refractivity contribution in [2.45, 2.75) is 17.7 Å². The molecule has 0 spiro atoms. The monoisotopic (exact) mass is 418 g/mol. The van der Waals surface area contributed by atoms with Gasteiger partial charge in [0.15, 0.2) is 0 Å². The number of amides is 2. The smallest absolute Gasteiger partial charge is 0.254 e. The Kier molecular flexibility index (Phi) is 6.70. The van der Waals surface area contributed by atoms with Crippen LogP contribution in [0.2, 0.25) is 0 Å². The first kappa shape index (κ1) is 20.5. The van der Waals surface area contributed by atoms with Crippen LogP contribution in [-0.4, -0.2) is 42.1 Å². The highest BCUT2D eigenvalue weighted by Gasteiger charge is 2.29. The maximum Gasteiger partial charge on any atom is 0.254 e. The topological polar surface area (TPSA) is 49.4 Å². The van der Waals surface area contributed by atoms with Gasteiger partial charge in [-0.05, 0) is 41.8 Å². The summed E-state index contributed by atoms with van der Waals surface area (Å²) in [6.45, 7) is 1.82. The molecule has 0 saturated carbocycles. The van der Waals surface area contributed by atoms with Crippen molar-refractivity contribution < 1.29 is 9.59 Å². The van der Waals surface area contributed by atoms with Crippen LogP contribution in [0.25, 0.3) is 10.8 Å². The molecule has 0 bridgehead atoms. The lowest BCUT2D eigenvalue weighted by molar-refractivity contribution is -0.126. The van der Waals surface area contributed by atoms with Gasteiger partial charge in [-0.2, -0.15) is 0 Å². The van der Waals surface area contributed by atoms with Crippen LogP contribution in [0.15, 0.2) is 77.7 Å². The molecule has 3 aromatic rings. The standard InChI is InChI=1S/C25H26N2O2S/c28-24(26-15-17-30-21-11-2-1-3-12-21)20-10-7-16-27(18-20)25(29)23-14-6-9-19-8-4-5-13-22(19)23/h1-6,8-9,11-14,20H,7,10,15-18H2,(H,26,28)/t20-/m1/s1. The van der Waals surface area contributed by atoms with Gasteiger partial charge in [0.05, 0.1) is 5.92 Å². The van der Waals surface area contributed by atoms with Crippen LogP contribution in [-0.2, 0) is 4.79 Å². The Hall–Kier alpha value is -2.79. The van der Waals surface area contributed by atoms with Gasteiger partial charge in [0.1, 0.15) is 0 Å². The molecule has 1 aliphatic rings. The molecule has 1 heterocycles. The maximum absolute atomic E-state index is 13.2. The highest BCUT2D eigenvalue weighted by molar-refractivity contribution is 7.99. The minimum Gasteiger partial charge on any atom is -0.355 e. The lowest BCUT2D eigenvalue weighted by Crippen LogP contribution is -2.45. The van der Waals surface area contributed by atoms with Crippen molar-refractivity contribution in [1.29, 1.82) is 0 Å². The number of nitrogens with one attached hydrogen (secondary N) is 1. The predicted molar refractivity (Wildman–Crippen MR) is 123 cm³/mol. The summed E-state index contributed by atoms with van der Waals surface area (Å²) in [7, 11) is 0. The van der Waals surface area contributed by atoms with E-state index in [9.17, 15) is 9.59 Å². The van der Waals surface area contributed by atoms with Gasteiger partial charge in [-0.25, -0.2) is 0 Å². The number of carbonyl (C=O) groups is 2. The average molecular weight is 419 g/mol. The van der Waals surface area contributed by atoms with E-state index in [4.69, 9.17) is 0 Å². The molecule has 0 aromatic heterocycles. The number of thioether (sulfide) groups is 1. The summed E-state index contributed by atoms with van der Waals surface area (Å²) < 4.78 is 0. The average Bonchev–Trinajstić information content (AvgIpc) is 2.81. The summed E-state index contributed by atoms with van der Waals surface area (Å²) in [5.41, 5.74) is 0.716. The van der Waals surface area contributed by atoms with E-state index in [0.717, 1.165) is 29.4 Å². The third-order valence-electron chi connectivity index (χ3n) is 5.51.